The molecule has 0 bridgehead atoms. The van der Waals surface area contributed by atoms with Crippen LogP contribution in [0, 0.1) is 5.92 Å². The number of carbonyl (C=O) groups is 2. The first kappa shape index (κ1) is 26.5. The summed E-state index contributed by atoms with van der Waals surface area (Å²) in [4.78, 5) is 26.3. The standard InChI is InChI=1S/C31H33NO4/c1-22(2)21-32-29(31(34)36-4)28(30(33)35-3)27(25-18-12-7-13-19-25)20-26(23-14-8-5-9-15-23)24-16-10-6-11-17-24/h5-20,22,26,32H,21H2,1-4H3/b27-20+,29-28+. The molecule has 5 nitrogen and oxygen atoms in total. The first-order valence-corrected chi connectivity index (χ1v) is 12.0. The lowest BCUT2D eigenvalue weighted by molar-refractivity contribution is -0.139. The molecular weight excluding hydrogens is 450 g/mol. The molecule has 0 saturated heterocycles. The summed E-state index contributed by atoms with van der Waals surface area (Å²) < 4.78 is 10.3. The molecule has 5 heteroatoms. The molecule has 0 aliphatic carbocycles. The van der Waals surface area contributed by atoms with E-state index in [-0.39, 0.29) is 23.1 Å². The van der Waals surface area contributed by atoms with Gasteiger partial charge in [0.25, 0.3) is 0 Å². The second-order valence-electron chi connectivity index (χ2n) is 8.75. The van der Waals surface area contributed by atoms with Crippen molar-refractivity contribution in [1.82, 2.24) is 5.32 Å². The van der Waals surface area contributed by atoms with E-state index in [1.54, 1.807) is 0 Å². The fourth-order valence-corrected chi connectivity index (χ4v) is 3.93. The van der Waals surface area contributed by atoms with Crippen LogP contribution in [0.5, 0.6) is 0 Å². The van der Waals surface area contributed by atoms with Crippen LogP contribution >= 0.6 is 0 Å². The van der Waals surface area contributed by atoms with Crippen LogP contribution < -0.4 is 5.32 Å². The summed E-state index contributed by atoms with van der Waals surface area (Å²) in [5.74, 6) is -1.21. The van der Waals surface area contributed by atoms with Crippen LogP contribution in [0.15, 0.2) is 108 Å². The van der Waals surface area contributed by atoms with Gasteiger partial charge in [0, 0.05) is 12.5 Å². The lowest BCUT2D eigenvalue weighted by Crippen LogP contribution is -2.29. The van der Waals surface area contributed by atoms with E-state index in [9.17, 15) is 9.59 Å². The van der Waals surface area contributed by atoms with Crippen LogP contribution in [0.4, 0.5) is 0 Å². The van der Waals surface area contributed by atoms with Gasteiger partial charge in [0.1, 0.15) is 5.70 Å². The SMILES string of the molecule is COC(=O)/C(NCC(C)C)=C(C(=O)OC)/C(=C/C(c1ccccc1)c1ccccc1)c1ccccc1. The maximum Gasteiger partial charge on any atom is 0.355 e. The van der Waals surface area contributed by atoms with Gasteiger partial charge >= 0.3 is 11.9 Å². The summed E-state index contributed by atoms with van der Waals surface area (Å²) in [6, 6.07) is 29.6. The predicted molar refractivity (Wildman–Crippen MR) is 143 cm³/mol. The Hall–Kier alpha value is -4.12. The molecule has 3 aromatic carbocycles. The molecule has 0 aliphatic heterocycles. The molecule has 0 spiro atoms. The maximum absolute atomic E-state index is 13.3. The van der Waals surface area contributed by atoms with Crippen molar-refractivity contribution in [2.24, 2.45) is 5.92 Å². The van der Waals surface area contributed by atoms with E-state index >= 15 is 0 Å². The Labute approximate surface area is 213 Å². The van der Waals surface area contributed by atoms with Crippen LogP contribution in [0.25, 0.3) is 5.57 Å². The number of esters is 2. The van der Waals surface area contributed by atoms with Gasteiger partial charge in [-0.25, -0.2) is 9.59 Å². The van der Waals surface area contributed by atoms with Crippen molar-refractivity contribution in [3.05, 3.63) is 125 Å². The molecule has 3 aromatic rings. The van der Waals surface area contributed by atoms with Crippen molar-refractivity contribution < 1.29 is 19.1 Å². The highest BCUT2D eigenvalue weighted by molar-refractivity contribution is 6.12. The Morgan fingerprint density at radius 1 is 0.750 bits per heavy atom. The lowest BCUT2D eigenvalue weighted by atomic mass is 9.85. The number of hydrogen-bond acceptors (Lipinski definition) is 5. The average Bonchev–Trinajstić information content (AvgIpc) is 2.92. The fraction of sp³-hybridized carbons (Fsp3) is 0.226. The van der Waals surface area contributed by atoms with Gasteiger partial charge in [0.15, 0.2) is 0 Å². The summed E-state index contributed by atoms with van der Waals surface area (Å²) in [6.45, 7) is 4.52. The second-order valence-corrected chi connectivity index (χ2v) is 8.75. The van der Waals surface area contributed by atoms with Gasteiger partial charge in [-0.1, -0.05) is 111 Å². The number of carbonyl (C=O) groups excluding carboxylic acids is 2. The van der Waals surface area contributed by atoms with Gasteiger partial charge in [0.2, 0.25) is 0 Å². The van der Waals surface area contributed by atoms with Crippen LogP contribution in [-0.4, -0.2) is 32.7 Å². The molecule has 1 N–H and O–H groups in total. The topological polar surface area (TPSA) is 64.6 Å². The molecule has 0 saturated carbocycles. The van der Waals surface area contributed by atoms with Gasteiger partial charge < -0.3 is 14.8 Å². The Morgan fingerprint density at radius 3 is 1.67 bits per heavy atom. The molecule has 0 amide bonds. The predicted octanol–water partition coefficient (Wildman–Crippen LogP) is 5.75. The first-order chi connectivity index (χ1) is 17.5. The molecule has 0 unspecified atom stereocenters. The summed E-state index contributed by atoms with van der Waals surface area (Å²) >= 11 is 0. The zero-order valence-electron chi connectivity index (χ0n) is 21.2. The lowest BCUT2D eigenvalue weighted by Gasteiger charge is -2.21. The third-order valence-corrected chi connectivity index (χ3v) is 5.72. The van der Waals surface area contributed by atoms with Crippen LogP contribution in [0.1, 0.15) is 36.5 Å². The monoisotopic (exact) mass is 483 g/mol. The largest absolute Gasteiger partial charge is 0.465 e. The number of benzene rings is 3. The molecule has 0 heterocycles. The Bertz CT molecular complexity index is 1160. The van der Waals surface area contributed by atoms with E-state index in [1.165, 1.54) is 14.2 Å². The Balaban J connectivity index is 2.36. The van der Waals surface area contributed by atoms with Gasteiger partial charge in [0.05, 0.1) is 19.8 Å². The number of allylic oxidation sites excluding steroid dienone is 1. The molecule has 186 valence electrons. The van der Waals surface area contributed by atoms with Crippen molar-refractivity contribution in [3.8, 4) is 0 Å². The third-order valence-electron chi connectivity index (χ3n) is 5.72. The highest BCUT2D eigenvalue weighted by Gasteiger charge is 2.28. The van der Waals surface area contributed by atoms with E-state index in [0.717, 1.165) is 16.7 Å². The van der Waals surface area contributed by atoms with Gasteiger partial charge in [-0.15, -0.1) is 0 Å². The van der Waals surface area contributed by atoms with Crippen LogP contribution in [-0.2, 0) is 19.1 Å². The third kappa shape index (κ3) is 6.72. The van der Waals surface area contributed by atoms with Crippen LogP contribution in [0.2, 0.25) is 0 Å². The Morgan fingerprint density at radius 2 is 1.22 bits per heavy atom. The molecule has 0 aliphatic rings. The highest BCUT2D eigenvalue weighted by Crippen LogP contribution is 2.34. The van der Waals surface area contributed by atoms with E-state index in [1.807, 2.05) is 86.7 Å². The smallest absolute Gasteiger partial charge is 0.355 e. The normalized spacial score (nSPS) is 12.2. The summed E-state index contributed by atoms with van der Waals surface area (Å²) in [5.41, 5.74) is 3.67. The van der Waals surface area contributed by atoms with Gasteiger partial charge in [-0.2, -0.15) is 0 Å². The molecule has 36 heavy (non-hydrogen) atoms. The Kier molecular flexibility index (Phi) is 9.64. The maximum atomic E-state index is 13.3. The van der Waals surface area contributed by atoms with Crippen molar-refractivity contribution >= 4 is 17.5 Å². The number of hydrogen-bond donors (Lipinski definition) is 1. The van der Waals surface area contributed by atoms with E-state index in [4.69, 9.17) is 9.47 Å². The van der Waals surface area contributed by atoms with E-state index < -0.39 is 11.9 Å². The molecule has 0 aromatic heterocycles. The summed E-state index contributed by atoms with van der Waals surface area (Å²) in [5, 5.41) is 3.15. The number of nitrogens with one attached hydrogen (secondary N) is 1. The summed E-state index contributed by atoms with van der Waals surface area (Å²) in [6.07, 6.45) is 2.02. The van der Waals surface area contributed by atoms with Crippen LogP contribution in [0.3, 0.4) is 0 Å². The molecule has 3 rings (SSSR count). The average molecular weight is 484 g/mol. The zero-order chi connectivity index (χ0) is 25.9. The van der Waals surface area contributed by atoms with Crippen molar-refractivity contribution in [2.75, 3.05) is 20.8 Å². The van der Waals surface area contributed by atoms with Crippen molar-refractivity contribution in [1.29, 1.82) is 0 Å². The molecule has 0 fully saturated rings. The quantitative estimate of drug-likeness (QED) is 0.226. The van der Waals surface area contributed by atoms with E-state index in [2.05, 4.69) is 29.6 Å². The van der Waals surface area contributed by atoms with E-state index in [0.29, 0.717) is 12.1 Å². The second kappa shape index (κ2) is 13.1. The molecular formula is C31H33NO4. The zero-order valence-corrected chi connectivity index (χ0v) is 21.2. The van der Waals surface area contributed by atoms with Gasteiger partial charge in [-0.05, 0) is 28.2 Å². The van der Waals surface area contributed by atoms with Gasteiger partial charge in [-0.3, -0.25) is 0 Å². The van der Waals surface area contributed by atoms with Crippen molar-refractivity contribution in [2.45, 2.75) is 19.8 Å². The minimum absolute atomic E-state index is 0.0769. The first-order valence-electron chi connectivity index (χ1n) is 12.0. The van der Waals surface area contributed by atoms with Crippen molar-refractivity contribution in [3.63, 3.8) is 0 Å². The summed E-state index contributed by atoms with van der Waals surface area (Å²) in [7, 11) is 2.62. The fourth-order valence-electron chi connectivity index (χ4n) is 3.93. The number of methoxy groups -OCH3 is 2. The molecule has 0 atom stereocenters. The number of ether oxygens (including phenoxy) is 2. The highest BCUT2D eigenvalue weighted by atomic mass is 16.5. The number of rotatable bonds is 10. The minimum atomic E-state index is -0.631. The molecule has 0 radical (unpaired) electrons. The minimum Gasteiger partial charge on any atom is -0.465 e.